The van der Waals surface area contributed by atoms with Crippen molar-refractivity contribution >= 4 is 0 Å². The smallest absolute Gasteiger partial charge is 0.217 e. The van der Waals surface area contributed by atoms with Crippen molar-refractivity contribution in [3.63, 3.8) is 0 Å². The van der Waals surface area contributed by atoms with Crippen molar-refractivity contribution in [1.29, 1.82) is 5.26 Å². The zero-order valence-electron chi connectivity index (χ0n) is 14.5. The predicted octanol–water partition coefficient (Wildman–Crippen LogP) is 3.48. The van der Waals surface area contributed by atoms with E-state index in [0.717, 1.165) is 22.5 Å². The molecule has 26 heavy (non-hydrogen) atoms. The number of ether oxygens (including phenoxy) is 1. The largest absolute Gasteiger partial charge is 0.439 e. The van der Waals surface area contributed by atoms with Crippen molar-refractivity contribution in [2.75, 3.05) is 0 Å². The first-order valence-corrected chi connectivity index (χ1v) is 8.59. The summed E-state index contributed by atoms with van der Waals surface area (Å²) < 4.78 is 7.89. The van der Waals surface area contributed by atoms with E-state index in [0.29, 0.717) is 29.7 Å². The Balaban J connectivity index is 1.72. The number of nitrogens with zero attached hydrogens (tertiary/aromatic N) is 4. The molecule has 0 atom stereocenters. The Kier molecular flexibility index (Phi) is 4.15. The van der Waals surface area contributed by atoms with Crippen molar-refractivity contribution < 1.29 is 4.74 Å². The molecule has 6 nitrogen and oxygen atoms in total. The van der Waals surface area contributed by atoms with Crippen LogP contribution in [0.3, 0.4) is 0 Å². The number of nitriles is 1. The molecule has 6 heteroatoms. The van der Waals surface area contributed by atoms with Crippen molar-refractivity contribution in [3.8, 4) is 28.8 Å². The zero-order valence-corrected chi connectivity index (χ0v) is 14.5. The Labute approximate surface area is 151 Å². The fourth-order valence-electron chi connectivity index (χ4n) is 2.88. The molecule has 0 spiro atoms. The second-order valence-electron chi connectivity index (χ2n) is 6.47. The van der Waals surface area contributed by atoms with Gasteiger partial charge in [0.2, 0.25) is 5.88 Å². The van der Waals surface area contributed by atoms with E-state index in [4.69, 9.17) is 10.5 Å². The van der Waals surface area contributed by atoms with Gasteiger partial charge in [0.1, 0.15) is 5.75 Å². The Morgan fingerprint density at radius 3 is 2.77 bits per heavy atom. The summed E-state index contributed by atoms with van der Waals surface area (Å²) in [6.07, 6.45) is 4.14. The van der Waals surface area contributed by atoms with E-state index >= 15 is 0 Å². The van der Waals surface area contributed by atoms with E-state index in [1.54, 1.807) is 23.0 Å². The van der Waals surface area contributed by atoms with E-state index in [1.807, 2.05) is 31.3 Å². The fraction of sp³-hybridized carbons (Fsp3) is 0.250. The molecule has 1 aromatic carbocycles. The maximum atomic E-state index is 9.25. The Morgan fingerprint density at radius 2 is 2.12 bits per heavy atom. The maximum absolute atomic E-state index is 9.25. The van der Waals surface area contributed by atoms with Gasteiger partial charge in [-0.3, -0.25) is 4.98 Å². The summed E-state index contributed by atoms with van der Waals surface area (Å²) in [5.41, 5.74) is 9.83. The molecule has 2 heterocycles. The molecule has 0 amide bonds. The van der Waals surface area contributed by atoms with Crippen LogP contribution in [0.4, 0.5) is 0 Å². The van der Waals surface area contributed by atoms with Gasteiger partial charge in [-0.2, -0.15) is 10.4 Å². The molecular weight excluding hydrogens is 326 g/mol. The third-order valence-electron chi connectivity index (χ3n) is 4.52. The molecule has 3 aromatic rings. The van der Waals surface area contributed by atoms with Crippen LogP contribution in [0.25, 0.3) is 11.1 Å². The molecule has 0 radical (unpaired) electrons. The van der Waals surface area contributed by atoms with Gasteiger partial charge in [0.15, 0.2) is 0 Å². The Hall–Kier alpha value is -3.17. The van der Waals surface area contributed by atoms with Gasteiger partial charge >= 0.3 is 0 Å². The normalized spacial score (nSPS) is 13.4. The molecule has 1 saturated carbocycles. The lowest BCUT2D eigenvalue weighted by atomic mass is 10.0. The summed E-state index contributed by atoms with van der Waals surface area (Å²) in [4.78, 5) is 4.35. The number of rotatable bonds is 5. The number of pyridine rings is 1. The number of aryl methyl sites for hydroxylation is 1. The number of hydrogen-bond acceptors (Lipinski definition) is 5. The number of nitrogens with two attached hydrogens (primary N) is 1. The zero-order chi connectivity index (χ0) is 18.1. The molecule has 1 aliphatic carbocycles. The monoisotopic (exact) mass is 345 g/mol. The minimum absolute atomic E-state index is 0.399. The predicted molar refractivity (Wildman–Crippen MR) is 97.5 cm³/mol. The van der Waals surface area contributed by atoms with Crippen molar-refractivity contribution in [1.82, 2.24) is 14.8 Å². The number of hydrogen-bond donors (Lipinski definition) is 1. The molecular formula is C20H19N5O. The topological polar surface area (TPSA) is 89.8 Å². The Bertz CT molecular complexity index is 980. The first-order chi connectivity index (χ1) is 12.7. The van der Waals surface area contributed by atoms with Crippen LogP contribution in [-0.4, -0.2) is 14.8 Å². The molecule has 1 fully saturated rings. The number of benzene rings is 1. The van der Waals surface area contributed by atoms with Gasteiger partial charge < -0.3 is 10.5 Å². The minimum Gasteiger partial charge on any atom is -0.439 e. The lowest BCUT2D eigenvalue weighted by Crippen LogP contribution is -1.99. The first-order valence-electron chi connectivity index (χ1n) is 8.59. The molecule has 0 aliphatic heterocycles. The second kappa shape index (κ2) is 6.62. The molecule has 4 rings (SSSR count). The highest BCUT2D eigenvalue weighted by atomic mass is 16.5. The summed E-state index contributed by atoms with van der Waals surface area (Å²) in [7, 11) is 1.87. The van der Waals surface area contributed by atoms with Crippen LogP contribution in [0.15, 0.2) is 42.6 Å². The van der Waals surface area contributed by atoms with Gasteiger partial charge in [0.05, 0.1) is 23.0 Å². The molecule has 0 bridgehead atoms. The summed E-state index contributed by atoms with van der Waals surface area (Å²) >= 11 is 0. The summed E-state index contributed by atoms with van der Waals surface area (Å²) in [5, 5.41) is 13.8. The van der Waals surface area contributed by atoms with Crippen LogP contribution < -0.4 is 10.5 Å². The lowest BCUT2D eigenvalue weighted by molar-refractivity contribution is 0.432. The fourth-order valence-corrected chi connectivity index (χ4v) is 2.88. The van der Waals surface area contributed by atoms with Gasteiger partial charge in [0.25, 0.3) is 0 Å². The molecule has 130 valence electrons. The van der Waals surface area contributed by atoms with E-state index in [9.17, 15) is 5.26 Å². The van der Waals surface area contributed by atoms with Gasteiger partial charge in [0, 0.05) is 42.9 Å². The highest BCUT2D eigenvalue weighted by Crippen LogP contribution is 2.41. The number of aromatic nitrogens is 3. The van der Waals surface area contributed by atoms with Crippen LogP contribution in [0, 0.1) is 11.3 Å². The van der Waals surface area contributed by atoms with E-state index in [1.165, 1.54) is 12.8 Å². The van der Waals surface area contributed by atoms with Crippen LogP contribution >= 0.6 is 0 Å². The summed E-state index contributed by atoms with van der Waals surface area (Å²) in [6.45, 7) is 0.399. The summed E-state index contributed by atoms with van der Waals surface area (Å²) in [5.74, 6) is 1.82. The standard InChI is InChI=1S/C20H19N5O/c1-25-20(9-18(24-25)14-3-4-14)26-19-8-13(10-21)2-7-17(19)15-5-6-16(11-22)23-12-15/h2,5-9,12,14H,3-4,11,22H2,1H3. The highest BCUT2D eigenvalue weighted by molar-refractivity contribution is 5.71. The van der Waals surface area contributed by atoms with E-state index < -0.39 is 0 Å². The average molecular weight is 345 g/mol. The SMILES string of the molecule is Cn1nc(C2CC2)cc1Oc1cc(C#N)ccc1-c1ccc(CN)nc1. The van der Waals surface area contributed by atoms with Crippen molar-refractivity contribution in [3.05, 3.63) is 59.5 Å². The van der Waals surface area contributed by atoms with Gasteiger partial charge in [-0.25, -0.2) is 4.68 Å². The Morgan fingerprint density at radius 1 is 1.27 bits per heavy atom. The lowest BCUT2D eigenvalue weighted by Gasteiger charge is -2.12. The second-order valence-corrected chi connectivity index (χ2v) is 6.47. The molecule has 2 N–H and O–H groups in total. The minimum atomic E-state index is 0.399. The van der Waals surface area contributed by atoms with Crippen LogP contribution in [-0.2, 0) is 13.6 Å². The third kappa shape index (κ3) is 3.17. The molecule has 1 aliphatic rings. The van der Waals surface area contributed by atoms with Crippen LogP contribution in [0.5, 0.6) is 11.6 Å². The average Bonchev–Trinajstić information content (AvgIpc) is 3.46. The van der Waals surface area contributed by atoms with Gasteiger partial charge in [-0.05, 0) is 37.1 Å². The maximum Gasteiger partial charge on any atom is 0.217 e. The molecule has 0 saturated heterocycles. The highest BCUT2D eigenvalue weighted by Gasteiger charge is 2.27. The van der Waals surface area contributed by atoms with Gasteiger partial charge in [-0.1, -0.05) is 6.07 Å². The molecule has 0 unspecified atom stereocenters. The van der Waals surface area contributed by atoms with Gasteiger partial charge in [-0.15, -0.1) is 0 Å². The first kappa shape index (κ1) is 16.3. The van der Waals surface area contributed by atoms with E-state index in [-0.39, 0.29) is 0 Å². The van der Waals surface area contributed by atoms with Crippen molar-refractivity contribution in [2.24, 2.45) is 12.8 Å². The van der Waals surface area contributed by atoms with Crippen LogP contribution in [0.2, 0.25) is 0 Å². The van der Waals surface area contributed by atoms with Crippen LogP contribution in [0.1, 0.15) is 35.7 Å². The van der Waals surface area contributed by atoms with Crippen molar-refractivity contribution in [2.45, 2.75) is 25.3 Å². The quantitative estimate of drug-likeness (QED) is 0.764. The third-order valence-corrected chi connectivity index (χ3v) is 4.52. The van der Waals surface area contributed by atoms with E-state index in [2.05, 4.69) is 16.2 Å². The summed E-state index contributed by atoms with van der Waals surface area (Å²) in [6, 6.07) is 13.4. The molecule has 2 aromatic heterocycles.